The van der Waals surface area contributed by atoms with Crippen LogP contribution in [0.2, 0.25) is 0 Å². The first-order valence-corrected chi connectivity index (χ1v) is 7.53. The number of benzene rings is 2. The van der Waals surface area contributed by atoms with Crippen molar-refractivity contribution in [2.45, 2.75) is 18.0 Å². The first kappa shape index (κ1) is 14.2. The molecule has 0 aliphatic carbocycles. The highest BCUT2D eigenvalue weighted by Gasteiger charge is 2.23. The van der Waals surface area contributed by atoms with Crippen LogP contribution in [0, 0.1) is 5.82 Å². The molecule has 0 radical (unpaired) electrons. The van der Waals surface area contributed by atoms with Gasteiger partial charge in [-0.3, -0.25) is 0 Å². The number of rotatable bonds is 4. The Morgan fingerprint density at radius 1 is 1.24 bits per heavy atom. The van der Waals surface area contributed by atoms with Gasteiger partial charge < -0.3 is 10.1 Å². The zero-order valence-corrected chi connectivity index (χ0v) is 12.8. The molecular formula is C16H17FN2OS. The smallest absolute Gasteiger partial charge is 0.133 e. The SMILES string of the molecule is CNc1ccc(OC)c(SN2Cc3cccc(F)c3C2)c1. The van der Waals surface area contributed by atoms with E-state index in [-0.39, 0.29) is 5.82 Å². The quantitative estimate of drug-likeness (QED) is 0.866. The zero-order valence-electron chi connectivity index (χ0n) is 12.0. The molecule has 3 nitrogen and oxygen atoms in total. The van der Waals surface area contributed by atoms with Gasteiger partial charge in [0.15, 0.2) is 0 Å². The van der Waals surface area contributed by atoms with Crippen LogP contribution in [0.4, 0.5) is 10.1 Å². The van der Waals surface area contributed by atoms with E-state index in [2.05, 4.69) is 9.62 Å². The van der Waals surface area contributed by atoms with Gasteiger partial charge in [0.25, 0.3) is 0 Å². The fraction of sp³-hybridized carbons (Fsp3) is 0.250. The van der Waals surface area contributed by atoms with Crippen molar-refractivity contribution in [2.75, 3.05) is 19.5 Å². The average molecular weight is 304 g/mol. The summed E-state index contributed by atoms with van der Waals surface area (Å²) in [5.74, 6) is 0.710. The maximum Gasteiger partial charge on any atom is 0.133 e. The molecule has 0 aromatic heterocycles. The number of anilines is 1. The first-order chi connectivity index (χ1) is 10.2. The molecule has 0 unspecified atom stereocenters. The summed E-state index contributed by atoms with van der Waals surface area (Å²) < 4.78 is 21.3. The molecule has 2 aromatic carbocycles. The molecular weight excluding hydrogens is 287 g/mol. The minimum absolute atomic E-state index is 0.119. The van der Waals surface area contributed by atoms with Gasteiger partial charge in [0.1, 0.15) is 11.6 Å². The van der Waals surface area contributed by atoms with Gasteiger partial charge in [0.2, 0.25) is 0 Å². The third kappa shape index (κ3) is 2.84. The average Bonchev–Trinajstić information content (AvgIpc) is 2.91. The van der Waals surface area contributed by atoms with Gasteiger partial charge in [-0.05, 0) is 41.8 Å². The molecule has 1 heterocycles. The third-order valence-electron chi connectivity index (χ3n) is 3.58. The number of hydrogen-bond donors (Lipinski definition) is 1. The van der Waals surface area contributed by atoms with Crippen molar-refractivity contribution in [2.24, 2.45) is 0 Å². The van der Waals surface area contributed by atoms with Crippen molar-refractivity contribution >= 4 is 17.6 Å². The molecule has 0 saturated heterocycles. The zero-order chi connectivity index (χ0) is 14.8. The van der Waals surface area contributed by atoms with Crippen LogP contribution in [-0.4, -0.2) is 18.5 Å². The molecule has 110 valence electrons. The summed E-state index contributed by atoms with van der Waals surface area (Å²) in [4.78, 5) is 1.03. The summed E-state index contributed by atoms with van der Waals surface area (Å²) in [5.41, 5.74) is 2.89. The normalized spacial score (nSPS) is 14.0. The van der Waals surface area contributed by atoms with Gasteiger partial charge in [-0.2, -0.15) is 0 Å². The molecule has 3 rings (SSSR count). The first-order valence-electron chi connectivity index (χ1n) is 6.76. The molecule has 0 amide bonds. The van der Waals surface area contributed by atoms with Crippen LogP contribution in [-0.2, 0) is 13.1 Å². The van der Waals surface area contributed by atoms with Crippen molar-refractivity contribution in [1.29, 1.82) is 0 Å². The van der Waals surface area contributed by atoms with Gasteiger partial charge in [-0.25, -0.2) is 8.70 Å². The number of nitrogens with one attached hydrogen (secondary N) is 1. The number of halogens is 1. The Bertz CT molecular complexity index is 663. The lowest BCUT2D eigenvalue weighted by Gasteiger charge is -2.16. The highest BCUT2D eigenvalue weighted by Crippen LogP contribution is 2.38. The fourth-order valence-corrected chi connectivity index (χ4v) is 3.55. The van der Waals surface area contributed by atoms with Crippen LogP contribution in [0.25, 0.3) is 0 Å². The third-order valence-corrected chi connectivity index (χ3v) is 4.61. The molecule has 0 spiro atoms. The molecule has 1 N–H and O–H groups in total. The van der Waals surface area contributed by atoms with E-state index >= 15 is 0 Å². The van der Waals surface area contributed by atoms with Crippen molar-refractivity contribution in [3.8, 4) is 5.75 Å². The second-order valence-electron chi connectivity index (χ2n) is 4.88. The topological polar surface area (TPSA) is 24.5 Å². The molecule has 21 heavy (non-hydrogen) atoms. The second kappa shape index (κ2) is 5.95. The van der Waals surface area contributed by atoms with E-state index in [1.165, 1.54) is 6.07 Å². The highest BCUT2D eigenvalue weighted by atomic mass is 32.2. The molecule has 1 aliphatic rings. The molecule has 5 heteroatoms. The lowest BCUT2D eigenvalue weighted by atomic mass is 10.1. The number of hydrogen-bond acceptors (Lipinski definition) is 4. The van der Waals surface area contributed by atoms with Crippen molar-refractivity contribution in [3.05, 3.63) is 53.3 Å². The van der Waals surface area contributed by atoms with Gasteiger partial charge in [0, 0.05) is 31.4 Å². The molecule has 0 atom stereocenters. The van der Waals surface area contributed by atoms with Crippen molar-refractivity contribution < 1.29 is 9.13 Å². The van der Waals surface area contributed by atoms with E-state index in [1.807, 2.05) is 31.3 Å². The lowest BCUT2D eigenvalue weighted by molar-refractivity contribution is 0.403. The minimum Gasteiger partial charge on any atom is -0.496 e. The number of fused-ring (bicyclic) bond motifs is 1. The largest absolute Gasteiger partial charge is 0.496 e. The predicted molar refractivity (Wildman–Crippen MR) is 84.0 cm³/mol. The van der Waals surface area contributed by atoms with Crippen molar-refractivity contribution in [1.82, 2.24) is 4.31 Å². The van der Waals surface area contributed by atoms with Gasteiger partial charge in [-0.15, -0.1) is 0 Å². The molecule has 1 aliphatic heterocycles. The van der Waals surface area contributed by atoms with Crippen LogP contribution in [0.5, 0.6) is 5.75 Å². The maximum atomic E-state index is 13.8. The van der Waals surface area contributed by atoms with Crippen LogP contribution in [0.15, 0.2) is 41.3 Å². The highest BCUT2D eigenvalue weighted by molar-refractivity contribution is 7.97. The summed E-state index contributed by atoms with van der Waals surface area (Å²) in [6, 6.07) is 11.2. The summed E-state index contributed by atoms with van der Waals surface area (Å²) in [5, 5.41) is 3.12. The Labute approximate surface area is 128 Å². The Morgan fingerprint density at radius 3 is 2.81 bits per heavy atom. The van der Waals surface area contributed by atoms with Gasteiger partial charge >= 0.3 is 0 Å². The summed E-state index contributed by atoms with van der Waals surface area (Å²) in [6.07, 6.45) is 0. The second-order valence-corrected chi connectivity index (χ2v) is 6.02. The predicted octanol–water partition coefficient (Wildman–Crippen LogP) is 3.90. The molecule has 0 bridgehead atoms. The van der Waals surface area contributed by atoms with Crippen LogP contribution in [0.3, 0.4) is 0 Å². The Morgan fingerprint density at radius 2 is 2.10 bits per heavy atom. The monoisotopic (exact) mass is 304 g/mol. The molecule has 0 fully saturated rings. The van der Waals surface area contributed by atoms with E-state index in [9.17, 15) is 4.39 Å². The number of ether oxygens (including phenoxy) is 1. The summed E-state index contributed by atoms with van der Waals surface area (Å²) >= 11 is 1.60. The Hall–Kier alpha value is -1.72. The van der Waals surface area contributed by atoms with E-state index in [1.54, 1.807) is 25.1 Å². The van der Waals surface area contributed by atoms with Crippen LogP contribution >= 0.6 is 11.9 Å². The Balaban J connectivity index is 1.81. The number of nitrogens with zero attached hydrogens (tertiary/aromatic N) is 1. The van der Waals surface area contributed by atoms with Gasteiger partial charge in [0.05, 0.1) is 12.0 Å². The minimum atomic E-state index is -0.119. The maximum absolute atomic E-state index is 13.8. The Kier molecular flexibility index (Phi) is 4.03. The van der Waals surface area contributed by atoms with E-state index in [0.29, 0.717) is 6.54 Å². The lowest BCUT2D eigenvalue weighted by Crippen LogP contribution is -2.06. The van der Waals surface area contributed by atoms with Gasteiger partial charge in [-0.1, -0.05) is 12.1 Å². The fourth-order valence-electron chi connectivity index (χ4n) is 2.46. The van der Waals surface area contributed by atoms with E-state index in [0.717, 1.165) is 34.0 Å². The molecule has 0 saturated carbocycles. The van der Waals surface area contributed by atoms with Crippen molar-refractivity contribution in [3.63, 3.8) is 0 Å². The summed E-state index contributed by atoms with van der Waals surface area (Å²) in [7, 11) is 3.55. The molecule has 2 aromatic rings. The van der Waals surface area contributed by atoms with E-state index in [4.69, 9.17) is 4.74 Å². The van der Waals surface area contributed by atoms with Crippen LogP contribution in [0.1, 0.15) is 11.1 Å². The number of methoxy groups -OCH3 is 1. The summed E-state index contributed by atoms with van der Waals surface area (Å²) in [6.45, 7) is 1.35. The van der Waals surface area contributed by atoms with Crippen LogP contribution < -0.4 is 10.1 Å². The van der Waals surface area contributed by atoms with E-state index < -0.39 is 0 Å². The standard InChI is InChI=1S/C16H17FN2OS/c1-18-12-6-7-15(20-2)16(8-12)21-19-9-11-4-3-5-14(17)13(11)10-19/h3-8,18H,9-10H2,1-2H3.